The lowest BCUT2D eigenvalue weighted by molar-refractivity contribution is 0.252. The molecular weight excluding hydrogens is 355 g/mol. The number of hydrogen-bond acceptors (Lipinski definition) is 4. The molecule has 1 aromatic carbocycles. The Hall–Kier alpha value is -1.07. The first-order valence-corrected chi connectivity index (χ1v) is 7.68. The number of aromatic nitrogens is 2. The standard InChI is InChI=1S/C16H19ClN4.2ClH/c1-2-8-21-9-7-14-13(10-21)15(20-16(18)19-14)11-3-5-12(17)6-4-11;;/h3-6H,2,7-10H2,1H3,(H2,18,19,20);2*1H. The van der Waals surface area contributed by atoms with E-state index in [1.165, 1.54) is 5.56 Å². The lowest BCUT2D eigenvalue weighted by Crippen LogP contribution is -2.32. The fourth-order valence-electron chi connectivity index (χ4n) is 2.84. The number of benzene rings is 1. The van der Waals surface area contributed by atoms with Crippen LogP contribution in [0.2, 0.25) is 5.02 Å². The Morgan fingerprint density at radius 3 is 2.52 bits per heavy atom. The van der Waals surface area contributed by atoms with Gasteiger partial charge in [-0.3, -0.25) is 4.90 Å². The van der Waals surface area contributed by atoms with Crippen LogP contribution in [0.15, 0.2) is 24.3 Å². The quantitative estimate of drug-likeness (QED) is 0.881. The Balaban J connectivity index is 0.00000132. The number of fused-ring (bicyclic) bond motifs is 1. The molecule has 0 atom stereocenters. The van der Waals surface area contributed by atoms with Gasteiger partial charge in [-0.2, -0.15) is 0 Å². The molecule has 3 rings (SSSR count). The first kappa shape index (κ1) is 20.0. The average Bonchev–Trinajstić information content (AvgIpc) is 2.48. The lowest BCUT2D eigenvalue weighted by atomic mass is 9.99. The summed E-state index contributed by atoms with van der Waals surface area (Å²) < 4.78 is 0. The first-order valence-electron chi connectivity index (χ1n) is 7.31. The Labute approximate surface area is 154 Å². The number of nitrogens with zero attached hydrogens (tertiary/aromatic N) is 3. The number of nitrogen functional groups attached to an aromatic ring is 1. The number of hydrogen-bond donors (Lipinski definition) is 1. The summed E-state index contributed by atoms with van der Waals surface area (Å²) in [6.45, 7) is 5.23. The molecule has 2 aromatic rings. The van der Waals surface area contributed by atoms with Crippen molar-refractivity contribution >= 4 is 42.4 Å². The predicted octanol–water partition coefficient (Wildman–Crippen LogP) is 3.99. The van der Waals surface area contributed by atoms with Crippen LogP contribution in [0.4, 0.5) is 5.95 Å². The second kappa shape index (κ2) is 8.69. The van der Waals surface area contributed by atoms with E-state index in [-0.39, 0.29) is 24.8 Å². The van der Waals surface area contributed by atoms with Gasteiger partial charge in [0.2, 0.25) is 5.95 Å². The van der Waals surface area contributed by atoms with E-state index < -0.39 is 0 Å². The number of anilines is 1. The molecule has 0 saturated heterocycles. The molecule has 2 N–H and O–H groups in total. The highest BCUT2D eigenvalue weighted by atomic mass is 35.5. The Morgan fingerprint density at radius 2 is 1.87 bits per heavy atom. The maximum absolute atomic E-state index is 5.97. The summed E-state index contributed by atoms with van der Waals surface area (Å²) >= 11 is 5.97. The van der Waals surface area contributed by atoms with Crippen LogP contribution in [0.5, 0.6) is 0 Å². The van der Waals surface area contributed by atoms with Crippen molar-refractivity contribution in [3.05, 3.63) is 40.5 Å². The lowest BCUT2D eigenvalue weighted by Gasteiger charge is -2.29. The highest BCUT2D eigenvalue weighted by Crippen LogP contribution is 2.29. The van der Waals surface area contributed by atoms with Crippen molar-refractivity contribution < 1.29 is 0 Å². The van der Waals surface area contributed by atoms with Crippen LogP contribution >= 0.6 is 36.4 Å². The van der Waals surface area contributed by atoms with Gasteiger partial charge in [-0.15, -0.1) is 24.8 Å². The van der Waals surface area contributed by atoms with Gasteiger partial charge < -0.3 is 5.73 Å². The third-order valence-corrected chi connectivity index (χ3v) is 4.07. The molecule has 0 bridgehead atoms. The zero-order chi connectivity index (χ0) is 14.8. The Kier molecular flexibility index (Phi) is 7.55. The molecule has 2 heterocycles. The van der Waals surface area contributed by atoms with E-state index >= 15 is 0 Å². The smallest absolute Gasteiger partial charge is 0.220 e. The van der Waals surface area contributed by atoms with Gasteiger partial charge >= 0.3 is 0 Å². The molecule has 4 nitrogen and oxygen atoms in total. The van der Waals surface area contributed by atoms with Crippen molar-refractivity contribution in [1.29, 1.82) is 0 Å². The summed E-state index contributed by atoms with van der Waals surface area (Å²) in [5, 5.41) is 0.724. The van der Waals surface area contributed by atoms with Crippen LogP contribution in [0, 0.1) is 0 Å². The molecule has 0 spiro atoms. The molecule has 1 aliphatic rings. The SMILES string of the molecule is CCCN1CCc2nc(N)nc(-c3ccc(Cl)cc3)c2C1.Cl.Cl. The molecule has 0 radical (unpaired) electrons. The third kappa shape index (κ3) is 4.48. The Morgan fingerprint density at radius 1 is 1.17 bits per heavy atom. The van der Waals surface area contributed by atoms with Crippen molar-refractivity contribution in [1.82, 2.24) is 14.9 Å². The third-order valence-electron chi connectivity index (χ3n) is 3.81. The highest BCUT2D eigenvalue weighted by molar-refractivity contribution is 6.30. The van der Waals surface area contributed by atoms with Crippen LogP contribution < -0.4 is 5.73 Å². The second-order valence-electron chi connectivity index (χ2n) is 5.39. The van der Waals surface area contributed by atoms with Gasteiger partial charge in [0.25, 0.3) is 0 Å². The van der Waals surface area contributed by atoms with Crippen LogP contribution in [0.3, 0.4) is 0 Å². The molecule has 0 saturated carbocycles. The summed E-state index contributed by atoms with van der Waals surface area (Å²) in [6.07, 6.45) is 2.09. The fraction of sp³-hybridized carbons (Fsp3) is 0.375. The fourth-order valence-corrected chi connectivity index (χ4v) is 2.97. The summed E-state index contributed by atoms with van der Waals surface area (Å²) in [4.78, 5) is 11.3. The van der Waals surface area contributed by atoms with Crippen molar-refractivity contribution in [3.63, 3.8) is 0 Å². The average molecular weight is 376 g/mol. The van der Waals surface area contributed by atoms with E-state index in [0.29, 0.717) is 5.95 Å². The van der Waals surface area contributed by atoms with Gasteiger partial charge in [0.05, 0.1) is 11.4 Å². The van der Waals surface area contributed by atoms with Crippen LogP contribution in [0.25, 0.3) is 11.3 Å². The molecule has 126 valence electrons. The zero-order valence-electron chi connectivity index (χ0n) is 13.0. The van der Waals surface area contributed by atoms with Crippen molar-refractivity contribution in [2.45, 2.75) is 26.3 Å². The normalized spacial score (nSPS) is 13.7. The molecule has 0 aliphatic carbocycles. The molecule has 1 aromatic heterocycles. The molecule has 7 heteroatoms. The van der Waals surface area contributed by atoms with Gasteiger partial charge in [0, 0.05) is 35.7 Å². The van der Waals surface area contributed by atoms with Crippen LogP contribution in [-0.4, -0.2) is 28.0 Å². The van der Waals surface area contributed by atoms with E-state index in [4.69, 9.17) is 17.3 Å². The minimum atomic E-state index is 0. The van der Waals surface area contributed by atoms with E-state index in [9.17, 15) is 0 Å². The maximum atomic E-state index is 5.97. The Bertz CT molecular complexity index is 647. The molecule has 1 aliphatic heterocycles. The van der Waals surface area contributed by atoms with E-state index in [2.05, 4.69) is 21.8 Å². The van der Waals surface area contributed by atoms with Crippen molar-refractivity contribution in [2.75, 3.05) is 18.8 Å². The molecule has 0 fully saturated rings. The molecular formula is C16H21Cl3N4. The number of rotatable bonds is 3. The topological polar surface area (TPSA) is 55.0 Å². The van der Waals surface area contributed by atoms with E-state index in [0.717, 1.165) is 54.4 Å². The molecule has 23 heavy (non-hydrogen) atoms. The summed E-state index contributed by atoms with van der Waals surface area (Å²) in [5.74, 6) is 0.350. The van der Waals surface area contributed by atoms with Gasteiger partial charge in [-0.25, -0.2) is 9.97 Å². The monoisotopic (exact) mass is 374 g/mol. The van der Waals surface area contributed by atoms with Gasteiger partial charge in [0.15, 0.2) is 0 Å². The minimum absolute atomic E-state index is 0. The van der Waals surface area contributed by atoms with Crippen LogP contribution in [0.1, 0.15) is 24.6 Å². The van der Waals surface area contributed by atoms with Gasteiger partial charge in [-0.1, -0.05) is 30.7 Å². The van der Waals surface area contributed by atoms with Crippen molar-refractivity contribution in [2.24, 2.45) is 0 Å². The second-order valence-corrected chi connectivity index (χ2v) is 5.83. The zero-order valence-corrected chi connectivity index (χ0v) is 15.3. The number of halogens is 3. The van der Waals surface area contributed by atoms with Crippen LogP contribution in [-0.2, 0) is 13.0 Å². The minimum Gasteiger partial charge on any atom is -0.368 e. The van der Waals surface area contributed by atoms with E-state index in [1.807, 2.05) is 24.3 Å². The summed E-state index contributed by atoms with van der Waals surface area (Å²) in [7, 11) is 0. The first-order chi connectivity index (χ1) is 10.2. The van der Waals surface area contributed by atoms with E-state index in [1.54, 1.807) is 0 Å². The van der Waals surface area contributed by atoms with Crippen molar-refractivity contribution in [3.8, 4) is 11.3 Å². The maximum Gasteiger partial charge on any atom is 0.220 e. The molecule has 0 amide bonds. The summed E-state index contributed by atoms with van der Waals surface area (Å²) in [6, 6.07) is 7.74. The highest BCUT2D eigenvalue weighted by Gasteiger charge is 2.22. The van der Waals surface area contributed by atoms with Gasteiger partial charge in [0.1, 0.15) is 0 Å². The largest absolute Gasteiger partial charge is 0.368 e. The molecule has 0 unspecified atom stereocenters. The predicted molar refractivity (Wildman–Crippen MR) is 101 cm³/mol. The summed E-state index contributed by atoms with van der Waals surface area (Å²) in [5.41, 5.74) is 10.1. The van der Waals surface area contributed by atoms with Gasteiger partial charge in [-0.05, 0) is 25.1 Å². The number of nitrogens with two attached hydrogens (primary N) is 1.